The van der Waals surface area contributed by atoms with Crippen molar-refractivity contribution in [3.05, 3.63) is 12.7 Å². The maximum absolute atomic E-state index is 11.9. The van der Waals surface area contributed by atoms with Crippen molar-refractivity contribution in [2.45, 2.75) is 26.3 Å². The lowest BCUT2D eigenvalue weighted by molar-refractivity contribution is -0.144. The Bertz CT molecular complexity index is 557. The van der Waals surface area contributed by atoms with Crippen molar-refractivity contribution < 1.29 is 29.1 Å². The van der Waals surface area contributed by atoms with E-state index in [0.29, 0.717) is 9.80 Å². The quantitative estimate of drug-likeness (QED) is 0.355. The molecule has 1 aliphatic rings. The van der Waals surface area contributed by atoms with Crippen LogP contribution in [0.1, 0.15) is 20.3 Å². The monoisotopic (exact) mass is 325 g/mol. The van der Waals surface area contributed by atoms with E-state index in [1.807, 2.05) is 0 Å². The molecule has 0 radical (unpaired) electrons. The molecule has 0 unspecified atom stereocenters. The van der Waals surface area contributed by atoms with Gasteiger partial charge < -0.3 is 10.4 Å². The Morgan fingerprint density at radius 3 is 2.26 bits per heavy atom. The molecule has 1 atom stereocenters. The molecule has 1 fully saturated rings. The van der Waals surface area contributed by atoms with Crippen molar-refractivity contribution in [3.63, 3.8) is 0 Å². The van der Waals surface area contributed by atoms with Crippen LogP contribution in [-0.2, 0) is 19.2 Å². The van der Waals surface area contributed by atoms with Gasteiger partial charge >= 0.3 is 23.8 Å². The molecule has 0 aromatic carbocycles. The molecule has 0 saturated carbocycles. The molecule has 1 saturated heterocycles. The maximum Gasteiger partial charge on any atom is 0.335 e. The van der Waals surface area contributed by atoms with Crippen LogP contribution in [0.4, 0.5) is 4.79 Å². The minimum atomic E-state index is -1.21. The van der Waals surface area contributed by atoms with E-state index in [-0.39, 0.29) is 18.9 Å². The highest BCUT2D eigenvalue weighted by molar-refractivity contribution is 6.45. The van der Waals surface area contributed by atoms with Crippen LogP contribution in [0.2, 0.25) is 0 Å². The van der Waals surface area contributed by atoms with Gasteiger partial charge in [-0.15, -0.1) is 6.58 Å². The molecule has 5 amide bonds. The first kappa shape index (κ1) is 18.3. The number of carboxylic acids is 1. The van der Waals surface area contributed by atoms with Crippen LogP contribution in [0.3, 0.4) is 0 Å². The molecule has 0 aromatic rings. The zero-order valence-corrected chi connectivity index (χ0v) is 12.9. The first-order valence-corrected chi connectivity index (χ1v) is 6.99. The Morgan fingerprint density at radius 2 is 1.78 bits per heavy atom. The van der Waals surface area contributed by atoms with Gasteiger partial charge in [0.15, 0.2) is 0 Å². The normalized spacial score (nSPS) is 16.0. The van der Waals surface area contributed by atoms with Gasteiger partial charge in [-0.2, -0.15) is 0 Å². The van der Waals surface area contributed by atoms with Crippen molar-refractivity contribution in [1.29, 1.82) is 0 Å². The van der Waals surface area contributed by atoms with E-state index in [1.54, 1.807) is 13.8 Å². The molecule has 0 spiro atoms. The Balaban J connectivity index is 2.74. The van der Waals surface area contributed by atoms with E-state index in [4.69, 9.17) is 5.11 Å². The first-order valence-electron chi connectivity index (χ1n) is 6.99. The fourth-order valence-electron chi connectivity index (χ4n) is 2.06. The van der Waals surface area contributed by atoms with Crippen molar-refractivity contribution in [2.24, 2.45) is 5.92 Å². The number of urea groups is 1. The van der Waals surface area contributed by atoms with Gasteiger partial charge in [0, 0.05) is 6.54 Å². The number of carbonyl (C=O) groups excluding carboxylic acids is 4. The molecular weight excluding hydrogens is 306 g/mol. The molecule has 0 aliphatic carbocycles. The summed E-state index contributed by atoms with van der Waals surface area (Å²) < 4.78 is 0. The van der Waals surface area contributed by atoms with Gasteiger partial charge in [0.05, 0.1) is 0 Å². The summed E-state index contributed by atoms with van der Waals surface area (Å²) in [5, 5.41) is 11.3. The van der Waals surface area contributed by atoms with Gasteiger partial charge in [-0.1, -0.05) is 19.9 Å². The topological polar surface area (TPSA) is 124 Å². The van der Waals surface area contributed by atoms with E-state index in [9.17, 15) is 24.0 Å². The lowest BCUT2D eigenvalue weighted by Gasteiger charge is -2.18. The first-order chi connectivity index (χ1) is 10.7. The second-order valence-corrected chi connectivity index (χ2v) is 5.47. The largest absolute Gasteiger partial charge is 0.480 e. The molecular formula is C14H19N3O6. The second-order valence-electron chi connectivity index (χ2n) is 5.47. The summed E-state index contributed by atoms with van der Waals surface area (Å²) in [6, 6.07) is -2.05. The van der Waals surface area contributed by atoms with Crippen molar-refractivity contribution in [1.82, 2.24) is 15.1 Å². The van der Waals surface area contributed by atoms with Gasteiger partial charge in [-0.3, -0.25) is 19.3 Å². The average molecular weight is 325 g/mol. The van der Waals surface area contributed by atoms with Crippen LogP contribution in [0.15, 0.2) is 12.7 Å². The number of carboxylic acid groups (broad SMARTS) is 1. The van der Waals surface area contributed by atoms with Crippen LogP contribution >= 0.6 is 0 Å². The average Bonchev–Trinajstić information content (AvgIpc) is 2.64. The van der Waals surface area contributed by atoms with Gasteiger partial charge in [0.2, 0.25) is 5.91 Å². The predicted molar refractivity (Wildman–Crippen MR) is 78.0 cm³/mol. The third-order valence-electron chi connectivity index (χ3n) is 3.09. The number of rotatable bonds is 8. The van der Waals surface area contributed by atoms with E-state index in [0.717, 1.165) is 0 Å². The molecule has 0 bridgehead atoms. The number of hydrogen-bond donors (Lipinski definition) is 2. The molecule has 23 heavy (non-hydrogen) atoms. The fourth-order valence-corrected chi connectivity index (χ4v) is 2.06. The SMILES string of the molecule is C=CCN1C(=O)C(=O)N(CC(=O)N[C@@H](CC(C)C)C(=O)O)C1=O. The zero-order valence-electron chi connectivity index (χ0n) is 12.9. The van der Waals surface area contributed by atoms with Crippen LogP contribution in [-0.4, -0.2) is 63.8 Å². The van der Waals surface area contributed by atoms with Gasteiger partial charge in [0.1, 0.15) is 12.6 Å². The van der Waals surface area contributed by atoms with Crippen LogP contribution in [0, 0.1) is 5.92 Å². The number of imide groups is 2. The summed E-state index contributed by atoms with van der Waals surface area (Å²) in [6.45, 7) is 6.10. The maximum atomic E-state index is 11.9. The molecule has 1 heterocycles. The minimum Gasteiger partial charge on any atom is -0.480 e. The molecule has 2 N–H and O–H groups in total. The Kier molecular flexibility index (Phi) is 6.00. The molecule has 1 rings (SSSR count). The van der Waals surface area contributed by atoms with E-state index in [2.05, 4.69) is 11.9 Å². The Morgan fingerprint density at radius 1 is 1.22 bits per heavy atom. The smallest absolute Gasteiger partial charge is 0.335 e. The molecule has 1 aliphatic heterocycles. The highest BCUT2D eigenvalue weighted by atomic mass is 16.4. The zero-order chi connectivity index (χ0) is 17.7. The highest BCUT2D eigenvalue weighted by Crippen LogP contribution is 2.12. The van der Waals surface area contributed by atoms with Crippen LogP contribution in [0.5, 0.6) is 0 Å². The lowest BCUT2D eigenvalue weighted by atomic mass is 10.0. The number of carbonyl (C=O) groups is 5. The molecule has 0 aromatic heterocycles. The van der Waals surface area contributed by atoms with Crippen LogP contribution in [0.25, 0.3) is 0 Å². The summed E-state index contributed by atoms with van der Waals surface area (Å²) in [6.07, 6.45) is 1.47. The third-order valence-corrected chi connectivity index (χ3v) is 3.09. The number of hydrogen-bond acceptors (Lipinski definition) is 5. The predicted octanol–water partition coefficient (Wildman–Crippen LogP) is -0.421. The minimum absolute atomic E-state index is 0.0242. The summed E-state index contributed by atoms with van der Waals surface area (Å²) in [4.78, 5) is 59.4. The third kappa shape index (κ3) is 4.38. The highest BCUT2D eigenvalue weighted by Gasteiger charge is 2.44. The number of nitrogens with one attached hydrogen (secondary N) is 1. The Hall–Kier alpha value is -2.71. The summed E-state index contributed by atoms with van der Waals surface area (Å²) in [7, 11) is 0. The number of aliphatic carboxylic acids is 1. The van der Waals surface area contributed by atoms with Crippen molar-refractivity contribution in [2.75, 3.05) is 13.1 Å². The van der Waals surface area contributed by atoms with Gasteiger partial charge in [-0.05, 0) is 12.3 Å². The van der Waals surface area contributed by atoms with Crippen molar-refractivity contribution in [3.8, 4) is 0 Å². The molecule has 126 valence electrons. The van der Waals surface area contributed by atoms with Gasteiger partial charge in [0.25, 0.3) is 0 Å². The summed E-state index contributed by atoms with van der Waals surface area (Å²) in [5.74, 6) is -4.18. The summed E-state index contributed by atoms with van der Waals surface area (Å²) >= 11 is 0. The molecule has 9 heteroatoms. The standard InChI is InChI=1S/C14H19N3O6/c1-4-5-16-11(19)12(20)17(14(16)23)7-10(18)15-9(13(21)22)6-8(2)3/h4,8-9H,1,5-7H2,2-3H3,(H,15,18)(H,21,22)/t9-/m0/s1. The van der Waals surface area contributed by atoms with Crippen molar-refractivity contribution >= 4 is 29.7 Å². The number of nitrogens with zero attached hydrogens (tertiary/aromatic N) is 2. The van der Waals surface area contributed by atoms with Gasteiger partial charge in [-0.25, -0.2) is 14.5 Å². The van der Waals surface area contributed by atoms with E-state index < -0.39 is 42.3 Å². The molecule has 9 nitrogen and oxygen atoms in total. The van der Waals surface area contributed by atoms with Crippen LogP contribution < -0.4 is 5.32 Å². The lowest BCUT2D eigenvalue weighted by Crippen LogP contribution is -2.47. The second kappa shape index (κ2) is 7.52. The fraction of sp³-hybridized carbons (Fsp3) is 0.500. The van der Waals surface area contributed by atoms with E-state index in [1.165, 1.54) is 6.08 Å². The summed E-state index contributed by atoms with van der Waals surface area (Å²) in [5.41, 5.74) is 0. The number of amides is 5. The van der Waals surface area contributed by atoms with E-state index >= 15 is 0 Å². The Labute approximate surface area is 132 Å².